The number of aromatic nitrogens is 4. The van der Waals surface area contributed by atoms with Gasteiger partial charge >= 0.3 is 0 Å². The minimum atomic E-state index is -0.672. The topological polar surface area (TPSA) is 54.8 Å². The second kappa shape index (κ2) is 11.3. The number of hydrogen-bond donors (Lipinski definition) is 0. The molecule has 0 saturated carbocycles. The Labute approximate surface area is 276 Å². The molecule has 1 aliphatic heterocycles. The van der Waals surface area contributed by atoms with Crippen molar-refractivity contribution < 1.29 is 0 Å². The van der Waals surface area contributed by atoms with Crippen molar-refractivity contribution in [1.82, 2.24) is 19.9 Å². The molecule has 0 bridgehead atoms. The Hall–Kier alpha value is -5.68. The van der Waals surface area contributed by atoms with E-state index in [0.29, 0.717) is 0 Å². The molecule has 2 aliphatic rings. The van der Waals surface area contributed by atoms with E-state index in [1.54, 1.807) is 0 Å². The van der Waals surface area contributed by atoms with E-state index in [2.05, 4.69) is 123 Å². The van der Waals surface area contributed by atoms with Gasteiger partial charge in [0.05, 0.1) is 34.2 Å². The number of anilines is 2. The molecule has 2 unspecified atom stereocenters. The molecule has 0 amide bonds. The summed E-state index contributed by atoms with van der Waals surface area (Å²) >= 11 is 0. The van der Waals surface area contributed by atoms with Gasteiger partial charge in [-0.3, -0.25) is 19.9 Å². The third-order valence-electron chi connectivity index (χ3n) is 9.75. The first kappa shape index (κ1) is 28.8. The Morgan fingerprint density at radius 1 is 0.511 bits per heavy atom. The Morgan fingerprint density at radius 3 is 1.53 bits per heavy atom. The number of pyridine rings is 4. The highest BCUT2D eigenvalue weighted by molar-refractivity contribution is 6.17. The molecule has 5 nitrogen and oxygen atoms in total. The van der Waals surface area contributed by atoms with Gasteiger partial charge in [-0.15, -0.1) is 0 Å². The van der Waals surface area contributed by atoms with Crippen molar-refractivity contribution in [3.8, 4) is 0 Å². The lowest BCUT2D eigenvalue weighted by atomic mass is 9.65. The Kier molecular flexibility index (Phi) is 6.91. The zero-order valence-corrected chi connectivity index (χ0v) is 26.7. The molecule has 1 aliphatic carbocycles. The van der Waals surface area contributed by atoms with Gasteiger partial charge in [-0.05, 0) is 90.4 Å². The minimum absolute atomic E-state index is 0.193. The third-order valence-corrected chi connectivity index (χ3v) is 9.75. The lowest BCUT2D eigenvalue weighted by Gasteiger charge is -2.54. The molecule has 0 radical (unpaired) electrons. The van der Waals surface area contributed by atoms with E-state index in [0.717, 1.165) is 39.5 Å². The number of allylic oxidation sites excluding steroid dienone is 2. The summed E-state index contributed by atoms with van der Waals surface area (Å²) in [5.41, 5.74) is 10.7. The molecule has 8 rings (SSSR count). The van der Waals surface area contributed by atoms with Crippen LogP contribution in [0.4, 0.5) is 11.4 Å². The van der Waals surface area contributed by atoms with Crippen LogP contribution in [0.2, 0.25) is 0 Å². The number of fused-ring (bicyclic) bond motifs is 2. The molecule has 2 atom stereocenters. The van der Waals surface area contributed by atoms with Gasteiger partial charge in [-0.2, -0.15) is 0 Å². The predicted molar refractivity (Wildman–Crippen MR) is 190 cm³/mol. The van der Waals surface area contributed by atoms with Gasteiger partial charge in [0.2, 0.25) is 0 Å². The largest absolute Gasteiger partial charge is 0.330 e. The van der Waals surface area contributed by atoms with Crippen LogP contribution in [-0.4, -0.2) is 25.5 Å². The number of para-hydroxylation sites is 2. The number of nitrogens with zero attached hydrogens (tertiary/aromatic N) is 5. The lowest BCUT2D eigenvalue weighted by molar-refractivity contribution is 0.492. The van der Waals surface area contributed by atoms with Gasteiger partial charge in [-0.1, -0.05) is 74.5 Å². The summed E-state index contributed by atoms with van der Waals surface area (Å²) in [5, 5.41) is 0. The van der Waals surface area contributed by atoms with Crippen LogP contribution in [-0.2, 0) is 5.41 Å². The van der Waals surface area contributed by atoms with Gasteiger partial charge in [0, 0.05) is 52.7 Å². The van der Waals surface area contributed by atoms with Crippen LogP contribution in [0.15, 0.2) is 152 Å². The van der Waals surface area contributed by atoms with Crippen LogP contribution in [0.25, 0.3) is 16.7 Å². The molecule has 47 heavy (non-hydrogen) atoms. The Morgan fingerprint density at radius 2 is 1.00 bits per heavy atom. The maximum Gasteiger partial charge on any atom is 0.0740 e. The van der Waals surface area contributed by atoms with Gasteiger partial charge < -0.3 is 4.90 Å². The second-order valence-electron chi connectivity index (χ2n) is 12.9. The summed E-state index contributed by atoms with van der Waals surface area (Å²) in [6, 6.07) is 42.2. The van der Waals surface area contributed by atoms with Crippen LogP contribution in [0, 0.1) is 0 Å². The molecular formula is C42H35N5. The van der Waals surface area contributed by atoms with Gasteiger partial charge in [0.25, 0.3) is 0 Å². The molecule has 0 N–H and O–H groups in total. The van der Waals surface area contributed by atoms with Crippen molar-refractivity contribution >= 4 is 28.1 Å². The molecule has 4 aromatic heterocycles. The normalized spacial score (nSPS) is 19.9. The highest BCUT2D eigenvalue weighted by Crippen LogP contribution is 2.59. The van der Waals surface area contributed by atoms with E-state index in [4.69, 9.17) is 19.9 Å². The highest BCUT2D eigenvalue weighted by Gasteiger charge is 2.51. The summed E-state index contributed by atoms with van der Waals surface area (Å²) in [5.74, 6) is -0.245. The molecule has 0 fully saturated rings. The minimum Gasteiger partial charge on any atom is -0.330 e. The molecular weight excluding hydrogens is 574 g/mol. The average molecular weight is 610 g/mol. The van der Waals surface area contributed by atoms with E-state index < -0.39 is 5.54 Å². The van der Waals surface area contributed by atoms with Crippen LogP contribution >= 0.6 is 0 Å². The summed E-state index contributed by atoms with van der Waals surface area (Å²) in [6.07, 6.45) is 9.90. The Balaban J connectivity index is 1.54. The van der Waals surface area contributed by atoms with Gasteiger partial charge in [-0.25, -0.2) is 0 Å². The first-order chi connectivity index (χ1) is 23.0. The molecule has 2 aromatic carbocycles. The van der Waals surface area contributed by atoms with E-state index >= 15 is 0 Å². The summed E-state index contributed by atoms with van der Waals surface area (Å²) < 4.78 is 0. The lowest BCUT2D eigenvalue weighted by Crippen LogP contribution is -2.52. The van der Waals surface area contributed by atoms with Crippen LogP contribution in [0.5, 0.6) is 0 Å². The molecule has 0 saturated heterocycles. The zero-order chi connectivity index (χ0) is 32.0. The third kappa shape index (κ3) is 4.61. The number of benzene rings is 2. The van der Waals surface area contributed by atoms with Crippen LogP contribution in [0.3, 0.4) is 0 Å². The molecule has 5 heteroatoms. The predicted octanol–water partition coefficient (Wildman–Crippen LogP) is 9.29. The first-order valence-electron chi connectivity index (χ1n) is 16.1. The molecule has 0 spiro atoms. The Bertz CT molecular complexity index is 2070. The smallest absolute Gasteiger partial charge is 0.0740 e. The highest BCUT2D eigenvalue weighted by atomic mass is 15.2. The molecule has 228 valence electrons. The van der Waals surface area contributed by atoms with Crippen molar-refractivity contribution in [3.05, 3.63) is 186 Å². The number of rotatable bonds is 5. The van der Waals surface area contributed by atoms with Crippen LogP contribution in [0.1, 0.15) is 60.6 Å². The fourth-order valence-corrected chi connectivity index (χ4v) is 7.71. The van der Waals surface area contributed by atoms with Crippen molar-refractivity contribution in [1.29, 1.82) is 0 Å². The summed E-state index contributed by atoms with van der Waals surface area (Å²) in [4.78, 5) is 22.5. The van der Waals surface area contributed by atoms with Crippen molar-refractivity contribution in [2.24, 2.45) is 0 Å². The fourth-order valence-electron chi connectivity index (χ4n) is 7.71. The number of hydrogen-bond acceptors (Lipinski definition) is 5. The van der Waals surface area contributed by atoms with E-state index in [1.165, 1.54) is 22.5 Å². The van der Waals surface area contributed by atoms with E-state index in [1.807, 2.05) is 55.1 Å². The maximum absolute atomic E-state index is 5.08. The summed E-state index contributed by atoms with van der Waals surface area (Å²) in [6.45, 7) is 7.00. The van der Waals surface area contributed by atoms with Crippen molar-refractivity contribution in [2.45, 2.75) is 37.6 Å². The quantitative estimate of drug-likeness (QED) is 0.195. The molecule has 5 heterocycles. The van der Waals surface area contributed by atoms with Crippen molar-refractivity contribution in [2.75, 3.05) is 4.90 Å². The standard InChI is InChI=1S/C42H35N5/c1-41(2)30-16-4-6-22-36(30)47(37-23-7-5-17-31(37)41)42(3)28-29(32-18-8-12-24-43-32)38(33-19-9-13-25-44-33)39(34-20-10-14-26-45-34)40(42)35-21-11-15-27-46-35/h4-28,40H,1-3H3. The zero-order valence-electron chi connectivity index (χ0n) is 26.7. The second-order valence-corrected chi connectivity index (χ2v) is 12.9. The average Bonchev–Trinajstić information content (AvgIpc) is 3.13. The SMILES string of the molecule is CC1(C)c2ccccc2N(C2(C)C=C(c3ccccn3)C(c3ccccn3)=C(c3ccccn3)C2c2ccccn2)c2ccccc21. The fraction of sp³-hybridized carbons (Fsp3) is 0.143. The first-order valence-corrected chi connectivity index (χ1v) is 16.1. The van der Waals surface area contributed by atoms with Gasteiger partial charge in [0.15, 0.2) is 0 Å². The van der Waals surface area contributed by atoms with Gasteiger partial charge in [0.1, 0.15) is 0 Å². The van der Waals surface area contributed by atoms with Crippen molar-refractivity contribution in [3.63, 3.8) is 0 Å². The maximum atomic E-state index is 5.08. The van der Waals surface area contributed by atoms with Crippen LogP contribution < -0.4 is 4.90 Å². The molecule has 6 aromatic rings. The summed E-state index contributed by atoms with van der Waals surface area (Å²) in [7, 11) is 0. The monoisotopic (exact) mass is 609 g/mol. The van der Waals surface area contributed by atoms with E-state index in [-0.39, 0.29) is 11.3 Å². The van der Waals surface area contributed by atoms with E-state index in [9.17, 15) is 0 Å².